The van der Waals surface area contributed by atoms with Crippen LogP contribution in [0.1, 0.15) is 24.9 Å². The van der Waals surface area contributed by atoms with Crippen LogP contribution in [0.3, 0.4) is 0 Å². The average Bonchev–Trinajstić information content (AvgIpc) is 2.62. The van der Waals surface area contributed by atoms with Crippen LogP contribution in [0.25, 0.3) is 0 Å². The van der Waals surface area contributed by atoms with Crippen molar-refractivity contribution in [2.45, 2.75) is 19.4 Å². The summed E-state index contributed by atoms with van der Waals surface area (Å²) in [6.45, 7) is 5.91. The first-order valence-electron chi connectivity index (χ1n) is 6.94. The van der Waals surface area contributed by atoms with Crippen LogP contribution in [0.4, 0.5) is 0 Å². The van der Waals surface area contributed by atoms with Gasteiger partial charge in [0.15, 0.2) is 0 Å². The summed E-state index contributed by atoms with van der Waals surface area (Å²) in [5, 5.41) is 2.94. The molecule has 19 heavy (non-hydrogen) atoms. The Morgan fingerprint density at radius 1 is 1.37 bits per heavy atom. The van der Waals surface area contributed by atoms with Gasteiger partial charge in [-0.05, 0) is 12.5 Å². The molecule has 1 atom stereocenters. The molecular weight excluding hydrogens is 240 g/mol. The number of hydrogen-bond acceptors (Lipinski definition) is 3. The number of hydrogen-bond donors (Lipinski definition) is 1. The quantitative estimate of drug-likeness (QED) is 0.819. The van der Waals surface area contributed by atoms with Gasteiger partial charge in [-0.15, -0.1) is 0 Å². The minimum atomic E-state index is 0.132. The van der Waals surface area contributed by atoms with Crippen LogP contribution in [0, 0.1) is 0 Å². The second-order valence-electron chi connectivity index (χ2n) is 4.71. The number of rotatable bonds is 5. The van der Waals surface area contributed by atoms with Crippen molar-refractivity contribution in [3.8, 4) is 0 Å². The van der Waals surface area contributed by atoms with Gasteiger partial charge in [0, 0.05) is 38.7 Å². The van der Waals surface area contributed by atoms with E-state index in [1.54, 1.807) is 0 Å². The monoisotopic (exact) mass is 262 g/mol. The molecule has 1 aliphatic heterocycles. The minimum Gasteiger partial charge on any atom is -0.380 e. The fourth-order valence-corrected chi connectivity index (χ4v) is 2.47. The van der Waals surface area contributed by atoms with Gasteiger partial charge in [-0.25, -0.2) is 0 Å². The second-order valence-corrected chi connectivity index (χ2v) is 4.71. The Labute approximate surface area is 114 Å². The van der Waals surface area contributed by atoms with Crippen molar-refractivity contribution in [2.75, 3.05) is 32.8 Å². The van der Waals surface area contributed by atoms with E-state index < -0.39 is 0 Å². The van der Waals surface area contributed by atoms with E-state index in [9.17, 15) is 4.79 Å². The van der Waals surface area contributed by atoms with Crippen molar-refractivity contribution in [3.63, 3.8) is 0 Å². The van der Waals surface area contributed by atoms with Gasteiger partial charge < -0.3 is 10.1 Å². The van der Waals surface area contributed by atoms with Crippen molar-refractivity contribution in [2.24, 2.45) is 0 Å². The first-order valence-corrected chi connectivity index (χ1v) is 6.94. The molecule has 1 amide bonds. The van der Waals surface area contributed by atoms with E-state index in [0.717, 1.165) is 19.7 Å². The van der Waals surface area contributed by atoms with Crippen LogP contribution in [0.15, 0.2) is 30.3 Å². The van der Waals surface area contributed by atoms with E-state index >= 15 is 0 Å². The molecule has 1 aliphatic rings. The summed E-state index contributed by atoms with van der Waals surface area (Å²) in [6, 6.07) is 10.4. The fourth-order valence-electron chi connectivity index (χ4n) is 2.47. The summed E-state index contributed by atoms with van der Waals surface area (Å²) in [5.41, 5.74) is 1.20. The molecule has 2 rings (SSSR count). The largest absolute Gasteiger partial charge is 0.380 e. The van der Waals surface area contributed by atoms with Crippen molar-refractivity contribution in [1.82, 2.24) is 10.2 Å². The molecule has 0 unspecified atom stereocenters. The highest BCUT2D eigenvalue weighted by Gasteiger charge is 2.25. The van der Waals surface area contributed by atoms with E-state index in [0.29, 0.717) is 19.6 Å². The number of nitrogens with zero attached hydrogens (tertiary/aromatic N) is 1. The summed E-state index contributed by atoms with van der Waals surface area (Å²) in [7, 11) is 0. The molecule has 4 nitrogen and oxygen atoms in total. The van der Waals surface area contributed by atoms with Gasteiger partial charge in [0.1, 0.15) is 0 Å². The van der Waals surface area contributed by atoms with Crippen molar-refractivity contribution >= 4 is 5.91 Å². The summed E-state index contributed by atoms with van der Waals surface area (Å²) in [4.78, 5) is 14.1. The topological polar surface area (TPSA) is 41.6 Å². The molecule has 0 spiro atoms. The molecular formula is C15H22N2O2. The standard InChI is InChI=1S/C15H22N2O2/c1-2-19-11-10-17-9-8-16-15(18)12-14(17)13-6-4-3-5-7-13/h3-7,14H,2,8-12H2,1H3,(H,16,18)/t14-/m1/s1. The summed E-state index contributed by atoms with van der Waals surface area (Å²) in [6.07, 6.45) is 0.524. The van der Waals surface area contributed by atoms with Gasteiger partial charge in [-0.2, -0.15) is 0 Å². The highest BCUT2D eigenvalue weighted by atomic mass is 16.5. The average molecular weight is 262 g/mol. The maximum Gasteiger partial charge on any atom is 0.221 e. The fraction of sp³-hybridized carbons (Fsp3) is 0.533. The molecule has 0 aliphatic carbocycles. The first kappa shape index (κ1) is 14.0. The van der Waals surface area contributed by atoms with Gasteiger partial charge in [-0.1, -0.05) is 30.3 Å². The summed E-state index contributed by atoms with van der Waals surface area (Å²) < 4.78 is 5.44. The number of carbonyl (C=O) groups is 1. The summed E-state index contributed by atoms with van der Waals surface area (Å²) >= 11 is 0. The minimum absolute atomic E-state index is 0.132. The Bertz CT molecular complexity index is 394. The Morgan fingerprint density at radius 3 is 2.89 bits per heavy atom. The van der Waals surface area contributed by atoms with E-state index in [1.165, 1.54) is 5.56 Å². The molecule has 4 heteroatoms. The second kappa shape index (κ2) is 7.26. The predicted molar refractivity (Wildman–Crippen MR) is 74.9 cm³/mol. The third kappa shape index (κ3) is 4.04. The normalized spacial score (nSPS) is 20.9. The van der Waals surface area contributed by atoms with Crippen LogP contribution in [-0.2, 0) is 9.53 Å². The van der Waals surface area contributed by atoms with Gasteiger partial charge in [-0.3, -0.25) is 9.69 Å². The van der Waals surface area contributed by atoms with Crippen LogP contribution >= 0.6 is 0 Å². The highest BCUT2D eigenvalue weighted by Crippen LogP contribution is 2.25. The van der Waals surface area contributed by atoms with E-state index in [2.05, 4.69) is 22.3 Å². The van der Waals surface area contributed by atoms with Crippen molar-refractivity contribution in [1.29, 1.82) is 0 Å². The third-order valence-electron chi connectivity index (χ3n) is 3.45. The van der Waals surface area contributed by atoms with Gasteiger partial charge in [0.2, 0.25) is 5.91 Å². The molecule has 0 aromatic heterocycles. The van der Waals surface area contributed by atoms with Gasteiger partial charge in [0.05, 0.1) is 6.61 Å². The van der Waals surface area contributed by atoms with E-state index in [4.69, 9.17) is 4.74 Å². The molecule has 1 fully saturated rings. The Balaban J connectivity index is 2.09. The smallest absolute Gasteiger partial charge is 0.221 e. The van der Waals surface area contributed by atoms with Crippen LogP contribution < -0.4 is 5.32 Å². The number of amides is 1. The van der Waals surface area contributed by atoms with Crippen LogP contribution in [-0.4, -0.2) is 43.7 Å². The first-order chi connectivity index (χ1) is 9.31. The van der Waals surface area contributed by atoms with Crippen molar-refractivity contribution < 1.29 is 9.53 Å². The molecule has 1 N–H and O–H groups in total. The SMILES string of the molecule is CCOCCN1CCNC(=O)C[C@@H]1c1ccccc1. The number of ether oxygens (including phenoxy) is 1. The zero-order valence-corrected chi connectivity index (χ0v) is 11.5. The lowest BCUT2D eigenvalue weighted by Gasteiger charge is -2.29. The third-order valence-corrected chi connectivity index (χ3v) is 3.45. The number of benzene rings is 1. The lowest BCUT2D eigenvalue weighted by Crippen LogP contribution is -2.33. The maximum absolute atomic E-state index is 11.8. The molecule has 1 heterocycles. The van der Waals surface area contributed by atoms with Crippen LogP contribution in [0.2, 0.25) is 0 Å². The summed E-state index contributed by atoms with van der Waals surface area (Å²) in [5.74, 6) is 0.132. The van der Waals surface area contributed by atoms with Gasteiger partial charge >= 0.3 is 0 Å². The molecule has 1 aromatic carbocycles. The zero-order chi connectivity index (χ0) is 13.5. The molecule has 1 aromatic rings. The number of carbonyl (C=O) groups excluding carboxylic acids is 1. The van der Waals surface area contributed by atoms with Crippen molar-refractivity contribution in [3.05, 3.63) is 35.9 Å². The highest BCUT2D eigenvalue weighted by molar-refractivity contribution is 5.77. The lowest BCUT2D eigenvalue weighted by molar-refractivity contribution is -0.121. The molecule has 1 saturated heterocycles. The van der Waals surface area contributed by atoms with E-state index in [-0.39, 0.29) is 11.9 Å². The molecule has 0 saturated carbocycles. The van der Waals surface area contributed by atoms with Gasteiger partial charge in [0.25, 0.3) is 0 Å². The maximum atomic E-state index is 11.8. The molecule has 0 radical (unpaired) electrons. The predicted octanol–water partition coefficient (Wildman–Crippen LogP) is 1.59. The Morgan fingerprint density at radius 2 is 2.16 bits per heavy atom. The number of nitrogens with one attached hydrogen (secondary N) is 1. The van der Waals surface area contributed by atoms with Crippen LogP contribution in [0.5, 0.6) is 0 Å². The zero-order valence-electron chi connectivity index (χ0n) is 11.5. The van der Waals surface area contributed by atoms with E-state index in [1.807, 2.05) is 25.1 Å². The Kier molecular flexibility index (Phi) is 5.36. The molecule has 0 bridgehead atoms. The Hall–Kier alpha value is -1.39. The molecule has 104 valence electrons. The lowest BCUT2D eigenvalue weighted by atomic mass is 10.0.